The first-order valence-corrected chi connectivity index (χ1v) is 8.25. The van der Waals surface area contributed by atoms with Crippen LogP contribution >= 0.6 is 15.9 Å². The first-order chi connectivity index (χ1) is 8.45. The van der Waals surface area contributed by atoms with Crippen molar-refractivity contribution >= 4 is 26.0 Å². The Kier molecular flexibility index (Phi) is 6.28. The molecule has 0 atom stereocenters. The number of hydrogen-bond donors (Lipinski definition) is 1. The average molecular weight is 335 g/mol. The van der Waals surface area contributed by atoms with Crippen LogP contribution in [0, 0.1) is 0 Å². The molecule has 0 radical (unpaired) electrons. The van der Waals surface area contributed by atoms with Crippen LogP contribution in [0.4, 0.5) is 0 Å². The number of sulfonamides is 1. The van der Waals surface area contributed by atoms with Gasteiger partial charge in [0.1, 0.15) is 0 Å². The van der Waals surface area contributed by atoms with Gasteiger partial charge in [0.25, 0.3) is 0 Å². The topological polar surface area (TPSA) is 49.4 Å². The zero-order chi connectivity index (χ0) is 13.6. The van der Waals surface area contributed by atoms with E-state index >= 15 is 0 Å². The van der Waals surface area contributed by atoms with Crippen molar-refractivity contribution in [3.63, 3.8) is 0 Å². The van der Waals surface area contributed by atoms with E-state index in [9.17, 15) is 8.42 Å². The molecule has 1 aromatic carbocycles. The molecule has 1 aromatic rings. The second kappa shape index (κ2) is 7.23. The second-order valence-corrected chi connectivity index (χ2v) is 7.17. The Balaban J connectivity index is 2.61. The Hall–Kier alpha value is -0.430. The summed E-state index contributed by atoms with van der Waals surface area (Å²) in [6, 6.07) is 7.67. The van der Waals surface area contributed by atoms with Gasteiger partial charge >= 0.3 is 0 Å². The molecule has 0 spiro atoms. The number of hydrogen-bond acceptors (Lipinski definition) is 3. The molecule has 1 N–H and O–H groups in total. The maximum absolute atomic E-state index is 12.0. The monoisotopic (exact) mass is 334 g/mol. The van der Waals surface area contributed by atoms with Gasteiger partial charge in [-0.05, 0) is 24.2 Å². The number of benzene rings is 1. The van der Waals surface area contributed by atoms with Crippen molar-refractivity contribution in [3.8, 4) is 0 Å². The lowest BCUT2D eigenvalue weighted by atomic mass is 10.2. The molecule has 0 aliphatic heterocycles. The molecule has 0 aliphatic carbocycles. The van der Waals surface area contributed by atoms with Gasteiger partial charge in [-0.1, -0.05) is 35.0 Å². The molecule has 0 unspecified atom stereocenters. The highest BCUT2D eigenvalue weighted by molar-refractivity contribution is 9.10. The molecule has 0 fully saturated rings. The maximum atomic E-state index is 12.0. The van der Waals surface area contributed by atoms with Crippen LogP contribution in [0.2, 0.25) is 0 Å². The summed E-state index contributed by atoms with van der Waals surface area (Å²) in [6.45, 7) is 3.62. The molecular formula is C12H19BrN2O2S. The molecule has 0 bridgehead atoms. The zero-order valence-electron chi connectivity index (χ0n) is 10.7. The predicted octanol–water partition coefficient (Wildman–Crippen LogP) is 1.82. The summed E-state index contributed by atoms with van der Waals surface area (Å²) in [5.41, 5.74) is 0.971. The Bertz CT molecular complexity index is 477. The average Bonchev–Trinajstić information content (AvgIpc) is 2.29. The van der Waals surface area contributed by atoms with Gasteiger partial charge < -0.3 is 5.32 Å². The van der Waals surface area contributed by atoms with Crippen molar-refractivity contribution in [2.45, 2.75) is 13.5 Å². The third-order valence-electron chi connectivity index (χ3n) is 2.56. The maximum Gasteiger partial charge on any atom is 0.215 e. The number of rotatable bonds is 7. The van der Waals surface area contributed by atoms with Gasteiger partial charge in [-0.15, -0.1) is 0 Å². The molecule has 0 amide bonds. The Morgan fingerprint density at radius 3 is 2.72 bits per heavy atom. The number of halogens is 1. The van der Waals surface area contributed by atoms with Crippen molar-refractivity contribution < 1.29 is 8.42 Å². The van der Waals surface area contributed by atoms with Crippen LogP contribution in [0.1, 0.15) is 12.5 Å². The smallest absolute Gasteiger partial charge is 0.215 e. The predicted molar refractivity (Wildman–Crippen MR) is 77.9 cm³/mol. The highest BCUT2D eigenvalue weighted by atomic mass is 79.9. The highest BCUT2D eigenvalue weighted by Crippen LogP contribution is 2.14. The van der Waals surface area contributed by atoms with E-state index in [1.807, 2.05) is 31.2 Å². The van der Waals surface area contributed by atoms with Gasteiger partial charge in [0.05, 0.1) is 5.75 Å². The second-order valence-electron chi connectivity index (χ2n) is 4.06. The van der Waals surface area contributed by atoms with E-state index in [1.165, 1.54) is 4.31 Å². The molecule has 1 rings (SSSR count). The lowest BCUT2D eigenvalue weighted by Crippen LogP contribution is -2.33. The lowest BCUT2D eigenvalue weighted by molar-refractivity contribution is 0.465. The number of nitrogens with one attached hydrogen (secondary N) is 1. The third-order valence-corrected chi connectivity index (χ3v) is 4.85. The molecule has 0 saturated carbocycles. The summed E-state index contributed by atoms with van der Waals surface area (Å²) in [7, 11) is -1.57. The first-order valence-electron chi connectivity index (χ1n) is 5.85. The SMILES string of the molecule is CCNCCS(=O)(=O)N(C)Cc1cccc(Br)c1. The fraction of sp³-hybridized carbons (Fsp3) is 0.500. The van der Waals surface area contributed by atoms with E-state index in [0.29, 0.717) is 13.1 Å². The van der Waals surface area contributed by atoms with Crippen LogP contribution in [-0.4, -0.2) is 38.6 Å². The van der Waals surface area contributed by atoms with Gasteiger partial charge in [-0.25, -0.2) is 12.7 Å². The molecule has 0 aromatic heterocycles. The third kappa shape index (κ3) is 5.06. The molecule has 4 nitrogen and oxygen atoms in total. The van der Waals surface area contributed by atoms with Crippen LogP contribution in [0.3, 0.4) is 0 Å². The van der Waals surface area contributed by atoms with Gasteiger partial charge in [-0.2, -0.15) is 0 Å². The van der Waals surface area contributed by atoms with Crippen LogP contribution in [0.25, 0.3) is 0 Å². The Morgan fingerprint density at radius 1 is 1.39 bits per heavy atom. The molecule has 0 heterocycles. The quantitative estimate of drug-likeness (QED) is 0.774. The van der Waals surface area contributed by atoms with Gasteiger partial charge in [-0.3, -0.25) is 0 Å². The van der Waals surface area contributed by atoms with Crippen molar-refractivity contribution in [2.75, 3.05) is 25.9 Å². The van der Waals surface area contributed by atoms with Crippen molar-refractivity contribution in [3.05, 3.63) is 34.3 Å². The summed E-state index contributed by atoms with van der Waals surface area (Å²) >= 11 is 3.38. The zero-order valence-corrected chi connectivity index (χ0v) is 13.1. The summed E-state index contributed by atoms with van der Waals surface area (Å²) in [5.74, 6) is 0.130. The first kappa shape index (κ1) is 15.6. The molecule has 0 aliphatic rings. The highest BCUT2D eigenvalue weighted by Gasteiger charge is 2.17. The largest absolute Gasteiger partial charge is 0.316 e. The van der Waals surface area contributed by atoms with E-state index in [2.05, 4.69) is 21.2 Å². The minimum absolute atomic E-state index is 0.130. The summed E-state index contributed by atoms with van der Waals surface area (Å²) in [4.78, 5) is 0. The van der Waals surface area contributed by atoms with E-state index in [1.54, 1.807) is 7.05 Å². The summed E-state index contributed by atoms with van der Waals surface area (Å²) in [5, 5.41) is 3.02. The Morgan fingerprint density at radius 2 is 2.11 bits per heavy atom. The summed E-state index contributed by atoms with van der Waals surface area (Å²) < 4.78 is 26.3. The van der Waals surface area contributed by atoms with Crippen molar-refractivity contribution in [1.82, 2.24) is 9.62 Å². The van der Waals surface area contributed by atoms with Gasteiger partial charge in [0, 0.05) is 24.6 Å². The van der Waals surface area contributed by atoms with Gasteiger partial charge in [0.15, 0.2) is 0 Å². The fourth-order valence-corrected chi connectivity index (χ4v) is 3.03. The van der Waals surface area contributed by atoms with E-state index in [0.717, 1.165) is 16.6 Å². The lowest BCUT2D eigenvalue weighted by Gasteiger charge is -2.17. The van der Waals surface area contributed by atoms with E-state index < -0.39 is 10.0 Å². The minimum atomic E-state index is -3.19. The molecule has 102 valence electrons. The van der Waals surface area contributed by atoms with Gasteiger partial charge in [0.2, 0.25) is 10.0 Å². The standard InChI is InChI=1S/C12H19BrN2O2S/c1-3-14-7-8-18(16,17)15(2)10-11-5-4-6-12(13)9-11/h4-6,9,14H,3,7-8,10H2,1-2H3. The number of nitrogens with zero attached hydrogens (tertiary/aromatic N) is 1. The van der Waals surface area contributed by atoms with Crippen LogP contribution < -0.4 is 5.32 Å². The van der Waals surface area contributed by atoms with Crippen molar-refractivity contribution in [1.29, 1.82) is 0 Å². The van der Waals surface area contributed by atoms with Crippen LogP contribution in [0.15, 0.2) is 28.7 Å². The summed E-state index contributed by atoms with van der Waals surface area (Å²) in [6.07, 6.45) is 0. The normalized spacial score (nSPS) is 12.0. The Labute approximate surface area is 118 Å². The molecular weight excluding hydrogens is 316 g/mol. The molecule has 6 heteroatoms. The molecule has 18 heavy (non-hydrogen) atoms. The van der Waals surface area contributed by atoms with E-state index in [4.69, 9.17) is 0 Å². The fourth-order valence-electron chi connectivity index (χ4n) is 1.52. The van der Waals surface area contributed by atoms with Crippen LogP contribution in [-0.2, 0) is 16.6 Å². The van der Waals surface area contributed by atoms with Crippen molar-refractivity contribution in [2.24, 2.45) is 0 Å². The van der Waals surface area contributed by atoms with E-state index in [-0.39, 0.29) is 5.75 Å². The molecule has 0 saturated heterocycles. The minimum Gasteiger partial charge on any atom is -0.316 e. The van der Waals surface area contributed by atoms with Crippen LogP contribution in [0.5, 0.6) is 0 Å².